The molecule has 3 heterocycles. The normalized spacial score (nSPS) is 23.2. The van der Waals surface area contributed by atoms with Gasteiger partial charge in [-0.25, -0.2) is 9.37 Å². The van der Waals surface area contributed by atoms with Gasteiger partial charge in [0.15, 0.2) is 0 Å². The lowest BCUT2D eigenvalue weighted by Gasteiger charge is -2.47. The molecule has 4 rings (SSSR count). The van der Waals surface area contributed by atoms with Crippen LogP contribution < -0.4 is 5.32 Å². The van der Waals surface area contributed by atoms with E-state index in [-0.39, 0.29) is 28.9 Å². The summed E-state index contributed by atoms with van der Waals surface area (Å²) in [6.07, 6.45) is 2.28. The van der Waals surface area contributed by atoms with Gasteiger partial charge >= 0.3 is 0 Å². The van der Waals surface area contributed by atoms with E-state index in [9.17, 15) is 9.18 Å². The smallest absolute Gasteiger partial charge is 0.223 e. The Hall–Kier alpha value is -2.31. The minimum absolute atomic E-state index is 0.0293. The Morgan fingerprint density at radius 2 is 1.88 bits per heavy atom. The first kappa shape index (κ1) is 22.9. The highest BCUT2D eigenvalue weighted by Gasteiger charge is 2.39. The average Bonchev–Trinajstić information content (AvgIpc) is 2.71. The molecule has 0 saturated carbocycles. The molecular weight excluding hydrogens is 405 g/mol. The van der Waals surface area contributed by atoms with Crippen LogP contribution in [0.4, 0.5) is 4.39 Å². The fourth-order valence-corrected chi connectivity index (χ4v) is 5.55. The van der Waals surface area contributed by atoms with Crippen molar-refractivity contribution in [2.75, 3.05) is 19.7 Å². The molecule has 2 aromatic rings. The van der Waals surface area contributed by atoms with E-state index in [0.29, 0.717) is 37.7 Å². The maximum absolute atomic E-state index is 13.6. The molecule has 1 aromatic carbocycles. The second kappa shape index (κ2) is 8.91. The van der Waals surface area contributed by atoms with Gasteiger partial charge in [-0.2, -0.15) is 0 Å². The number of amides is 1. The van der Waals surface area contributed by atoms with E-state index >= 15 is 0 Å². The lowest BCUT2D eigenvalue weighted by Crippen LogP contribution is -2.58. The standard InChI is InChI=1S/C26H34FN3O2/c1-25(2)15-18(16-26(3,4)29-25)13-24(31)30-11-12-32-23(17-30)22-10-6-9-21(28-22)19-7-5-8-20(27)14-19/h5-10,14,18,23,29H,11-13,15-17H2,1-4H3. The Morgan fingerprint density at radius 3 is 2.59 bits per heavy atom. The van der Waals surface area contributed by atoms with Gasteiger partial charge in [0.05, 0.1) is 24.5 Å². The minimum atomic E-state index is -0.287. The van der Waals surface area contributed by atoms with Gasteiger partial charge < -0.3 is 15.0 Å². The zero-order chi connectivity index (χ0) is 22.9. The predicted molar refractivity (Wildman–Crippen MR) is 124 cm³/mol. The number of pyridine rings is 1. The minimum Gasteiger partial charge on any atom is -0.368 e. The number of piperidine rings is 1. The molecule has 0 spiro atoms. The molecule has 32 heavy (non-hydrogen) atoms. The highest BCUT2D eigenvalue weighted by molar-refractivity contribution is 5.76. The molecule has 2 aliphatic heterocycles. The number of hydrogen-bond acceptors (Lipinski definition) is 4. The number of nitrogens with zero attached hydrogens (tertiary/aromatic N) is 2. The van der Waals surface area contributed by atoms with Crippen molar-refractivity contribution >= 4 is 5.91 Å². The molecule has 0 radical (unpaired) electrons. The number of hydrogen-bond donors (Lipinski definition) is 1. The molecule has 1 N–H and O–H groups in total. The number of carbonyl (C=O) groups excluding carboxylic acids is 1. The van der Waals surface area contributed by atoms with Crippen LogP contribution in [0.5, 0.6) is 0 Å². The number of aromatic nitrogens is 1. The zero-order valence-electron chi connectivity index (χ0n) is 19.5. The van der Waals surface area contributed by atoms with Gasteiger partial charge in [0, 0.05) is 29.6 Å². The van der Waals surface area contributed by atoms with Crippen LogP contribution in [0.2, 0.25) is 0 Å². The van der Waals surface area contributed by atoms with Crippen molar-refractivity contribution in [1.29, 1.82) is 0 Å². The highest BCUT2D eigenvalue weighted by Crippen LogP contribution is 2.35. The highest BCUT2D eigenvalue weighted by atomic mass is 19.1. The van der Waals surface area contributed by atoms with Crippen LogP contribution >= 0.6 is 0 Å². The van der Waals surface area contributed by atoms with Crippen molar-refractivity contribution in [3.8, 4) is 11.3 Å². The summed E-state index contributed by atoms with van der Waals surface area (Å²) in [5.74, 6) is 0.271. The Bertz CT molecular complexity index is 959. The van der Waals surface area contributed by atoms with E-state index in [1.165, 1.54) is 12.1 Å². The maximum Gasteiger partial charge on any atom is 0.223 e. The van der Waals surface area contributed by atoms with Crippen LogP contribution in [0.15, 0.2) is 42.5 Å². The van der Waals surface area contributed by atoms with Crippen molar-refractivity contribution in [3.05, 3.63) is 54.0 Å². The zero-order valence-corrected chi connectivity index (χ0v) is 19.5. The van der Waals surface area contributed by atoms with Crippen LogP contribution in [-0.2, 0) is 9.53 Å². The molecule has 2 fully saturated rings. The molecule has 0 aliphatic carbocycles. The van der Waals surface area contributed by atoms with Crippen LogP contribution in [0, 0.1) is 11.7 Å². The molecule has 6 heteroatoms. The number of carbonyl (C=O) groups is 1. The molecule has 0 bridgehead atoms. The Labute approximate surface area is 190 Å². The summed E-state index contributed by atoms with van der Waals surface area (Å²) in [4.78, 5) is 19.8. The molecule has 1 atom stereocenters. The van der Waals surface area contributed by atoms with E-state index in [2.05, 4.69) is 33.0 Å². The number of benzene rings is 1. The van der Waals surface area contributed by atoms with Crippen molar-refractivity contribution < 1.29 is 13.9 Å². The molecule has 5 nitrogen and oxygen atoms in total. The van der Waals surface area contributed by atoms with E-state index in [4.69, 9.17) is 9.72 Å². The van der Waals surface area contributed by atoms with Gasteiger partial charge in [-0.1, -0.05) is 18.2 Å². The van der Waals surface area contributed by atoms with Gasteiger partial charge in [0.1, 0.15) is 11.9 Å². The number of morpholine rings is 1. The molecule has 1 unspecified atom stereocenters. The topological polar surface area (TPSA) is 54.5 Å². The van der Waals surface area contributed by atoms with Crippen molar-refractivity contribution in [2.24, 2.45) is 5.92 Å². The Morgan fingerprint density at radius 1 is 1.16 bits per heavy atom. The molecule has 1 amide bonds. The Kier molecular flexibility index (Phi) is 6.37. The predicted octanol–water partition coefficient (Wildman–Crippen LogP) is 4.73. The van der Waals surface area contributed by atoms with Gasteiger partial charge in [-0.05, 0) is 70.7 Å². The SMILES string of the molecule is CC1(C)CC(CC(=O)N2CCOC(c3cccc(-c4cccc(F)c4)n3)C2)CC(C)(C)N1. The summed E-state index contributed by atoms with van der Waals surface area (Å²) in [6, 6.07) is 12.1. The van der Waals surface area contributed by atoms with E-state index in [1.54, 1.807) is 6.07 Å². The monoisotopic (exact) mass is 439 g/mol. The summed E-state index contributed by atoms with van der Waals surface area (Å²) in [5, 5.41) is 3.69. The van der Waals surface area contributed by atoms with Crippen molar-refractivity contribution in [3.63, 3.8) is 0 Å². The van der Waals surface area contributed by atoms with Gasteiger partial charge in [0.2, 0.25) is 5.91 Å². The molecule has 1 aromatic heterocycles. The van der Waals surface area contributed by atoms with Gasteiger partial charge in [-0.15, -0.1) is 0 Å². The third-order valence-electron chi connectivity index (χ3n) is 6.38. The number of halogens is 1. The van der Waals surface area contributed by atoms with Crippen LogP contribution in [0.1, 0.15) is 58.8 Å². The first-order valence-electron chi connectivity index (χ1n) is 11.5. The first-order chi connectivity index (χ1) is 15.1. The van der Waals surface area contributed by atoms with E-state index < -0.39 is 0 Å². The third kappa shape index (κ3) is 5.54. The summed E-state index contributed by atoms with van der Waals surface area (Å²) in [5.41, 5.74) is 2.26. The van der Waals surface area contributed by atoms with E-state index in [0.717, 1.165) is 24.1 Å². The second-order valence-electron chi connectivity index (χ2n) is 10.5. The van der Waals surface area contributed by atoms with Crippen LogP contribution in [0.3, 0.4) is 0 Å². The molecule has 2 aliphatic rings. The first-order valence-corrected chi connectivity index (χ1v) is 11.5. The largest absolute Gasteiger partial charge is 0.368 e. The quantitative estimate of drug-likeness (QED) is 0.748. The number of rotatable bonds is 4. The maximum atomic E-state index is 13.6. The fraction of sp³-hybridized carbons (Fsp3) is 0.538. The van der Waals surface area contributed by atoms with E-state index in [1.807, 2.05) is 29.2 Å². The fourth-order valence-electron chi connectivity index (χ4n) is 5.55. The lowest BCUT2D eigenvalue weighted by atomic mass is 9.74. The summed E-state index contributed by atoms with van der Waals surface area (Å²) in [6.45, 7) is 10.5. The average molecular weight is 440 g/mol. The number of ether oxygens (including phenoxy) is 1. The second-order valence-corrected chi connectivity index (χ2v) is 10.5. The van der Waals surface area contributed by atoms with Crippen molar-refractivity contribution in [1.82, 2.24) is 15.2 Å². The summed E-state index contributed by atoms with van der Waals surface area (Å²) >= 11 is 0. The lowest BCUT2D eigenvalue weighted by molar-refractivity contribution is -0.140. The van der Waals surface area contributed by atoms with Crippen LogP contribution in [0.25, 0.3) is 11.3 Å². The van der Waals surface area contributed by atoms with Crippen molar-refractivity contribution in [2.45, 2.75) is 64.1 Å². The van der Waals surface area contributed by atoms with Gasteiger partial charge in [-0.3, -0.25) is 4.79 Å². The summed E-state index contributed by atoms with van der Waals surface area (Å²) in [7, 11) is 0. The molecule has 172 valence electrons. The van der Waals surface area contributed by atoms with Gasteiger partial charge in [0.25, 0.3) is 0 Å². The van der Waals surface area contributed by atoms with Crippen LogP contribution in [-0.4, -0.2) is 46.6 Å². The third-order valence-corrected chi connectivity index (χ3v) is 6.38. The summed E-state index contributed by atoms with van der Waals surface area (Å²) < 4.78 is 19.6. The Balaban J connectivity index is 1.43. The molecular formula is C26H34FN3O2. The number of nitrogens with one attached hydrogen (secondary N) is 1. The molecule has 2 saturated heterocycles.